The molecule has 152 valence electrons. The zero-order chi connectivity index (χ0) is 18.6. The van der Waals surface area contributed by atoms with Crippen LogP contribution in [0.25, 0.3) is 0 Å². The van der Waals surface area contributed by atoms with Gasteiger partial charge in [0.25, 0.3) is 0 Å². The van der Waals surface area contributed by atoms with E-state index in [1.165, 1.54) is 103 Å². The second-order valence-electron chi connectivity index (χ2n) is 8.25. The monoisotopic (exact) mass is 355 g/mol. The smallest absolute Gasteiger partial charge is 0.0642 e. The summed E-state index contributed by atoms with van der Waals surface area (Å²) in [5.41, 5.74) is 6.56. The molecule has 25 heavy (non-hydrogen) atoms. The third kappa shape index (κ3) is 17.1. The van der Waals surface area contributed by atoms with Gasteiger partial charge in [0.15, 0.2) is 0 Å². The Kier molecular flexibility index (Phi) is 18.6. The molecule has 0 spiro atoms. The van der Waals surface area contributed by atoms with E-state index in [0.717, 1.165) is 19.4 Å². The van der Waals surface area contributed by atoms with Crippen molar-refractivity contribution in [2.45, 2.75) is 135 Å². The van der Waals surface area contributed by atoms with E-state index in [1.54, 1.807) is 7.11 Å². The Hall–Kier alpha value is -0.0800. The molecule has 0 radical (unpaired) electrons. The fourth-order valence-corrected chi connectivity index (χ4v) is 3.78. The first-order chi connectivity index (χ1) is 12.2. The minimum Gasteiger partial charge on any atom is -0.383 e. The fraction of sp³-hybridized carbons (Fsp3) is 1.00. The van der Waals surface area contributed by atoms with Gasteiger partial charge in [-0.25, -0.2) is 0 Å². The molecule has 0 saturated heterocycles. The summed E-state index contributed by atoms with van der Waals surface area (Å²) in [6.07, 6.45) is 24.2. The lowest BCUT2D eigenvalue weighted by Crippen LogP contribution is -2.44. The molecule has 0 aliphatic carbocycles. The summed E-state index contributed by atoms with van der Waals surface area (Å²) in [5, 5.41) is 0. The Morgan fingerprint density at radius 2 is 0.880 bits per heavy atom. The molecule has 0 heterocycles. The summed E-state index contributed by atoms with van der Waals surface area (Å²) in [7, 11) is 1.79. The summed E-state index contributed by atoms with van der Waals surface area (Å²) < 4.78 is 5.43. The first kappa shape index (κ1) is 24.9. The van der Waals surface area contributed by atoms with Gasteiger partial charge in [0, 0.05) is 12.6 Å². The van der Waals surface area contributed by atoms with Gasteiger partial charge >= 0.3 is 0 Å². The van der Waals surface area contributed by atoms with E-state index in [9.17, 15) is 0 Å². The van der Waals surface area contributed by atoms with Crippen LogP contribution >= 0.6 is 0 Å². The number of rotatable bonds is 20. The highest BCUT2D eigenvalue weighted by Gasteiger charge is 2.23. The molecular weight excluding hydrogens is 306 g/mol. The molecule has 0 amide bonds. The van der Waals surface area contributed by atoms with Gasteiger partial charge in [-0.2, -0.15) is 0 Å². The van der Waals surface area contributed by atoms with Crippen molar-refractivity contribution in [1.29, 1.82) is 0 Å². The highest BCUT2D eigenvalue weighted by molar-refractivity contribution is 4.83. The molecular formula is C23H49NO. The summed E-state index contributed by atoms with van der Waals surface area (Å²) in [6, 6.07) is 0. The highest BCUT2D eigenvalue weighted by atomic mass is 16.5. The Morgan fingerprint density at radius 1 is 0.560 bits per heavy atom. The molecule has 0 bridgehead atoms. The first-order valence-electron chi connectivity index (χ1n) is 11.5. The summed E-state index contributed by atoms with van der Waals surface area (Å²) >= 11 is 0. The van der Waals surface area contributed by atoms with Crippen LogP contribution in [0.2, 0.25) is 0 Å². The molecule has 0 saturated carbocycles. The van der Waals surface area contributed by atoms with Crippen LogP contribution in [0.5, 0.6) is 0 Å². The minimum atomic E-state index is -0.0842. The van der Waals surface area contributed by atoms with Gasteiger partial charge in [-0.3, -0.25) is 0 Å². The van der Waals surface area contributed by atoms with Crippen LogP contribution in [0, 0.1) is 0 Å². The lowest BCUT2D eigenvalue weighted by molar-refractivity contribution is 0.117. The van der Waals surface area contributed by atoms with Crippen molar-refractivity contribution in [2.24, 2.45) is 5.73 Å². The quantitative estimate of drug-likeness (QED) is 0.231. The Balaban J connectivity index is 3.66. The number of nitrogens with two attached hydrogens (primary N) is 1. The number of unbranched alkanes of at least 4 members (excludes halogenated alkanes) is 14. The van der Waals surface area contributed by atoms with Gasteiger partial charge < -0.3 is 10.5 Å². The number of methoxy groups -OCH3 is 1. The second-order valence-corrected chi connectivity index (χ2v) is 8.25. The van der Waals surface area contributed by atoms with Gasteiger partial charge in [0.2, 0.25) is 0 Å². The van der Waals surface area contributed by atoms with Crippen LogP contribution in [-0.2, 0) is 4.74 Å². The first-order valence-corrected chi connectivity index (χ1v) is 11.5. The predicted octanol–water partition coefficient (Wildman–Crippen LogP) is 7.39. The normalized spacial score (nSPS) is 12.0. The molecule has 0 rings (SSSR count). The van der Waals surface area contributed by atoms with Crippen LogP contribution in [0.15, 0.2) is 0 Å². The number of hydrogen-bond acceptors (Lipinski definition) is 2. The number of hydrogen-bond donors (Lipinski definition) is 1. The number of ether oxygens (including phenoxy) is 1. The third-order valence-corrected chi connectivity index (χ3v) is 5.49. The summed E-state index contributed by atoms with van der Waals surface area (Å²) in [5.74, 6) is 0. The van der Waals surface area contributed by atoms with Crippen molar-refractivity contribution in [3.8, 4) is 0 Å². The van der Waals surface area contributed by atoms with Gasteiger partial charge in [0.05, 0.1) is 6.61 Å². The molecule has 0 aliphatic heterocycles. The lowest BCUT2D eigenvalue weighted by atomic mass is 9.88. The molecule has 0 aliphatic rings. The van der Waals surface area contributed by atoms with Gasteiger partial charge in [-0.15, -0.1) is 0 Å². The zero-order valence-corrected chi connectivity index (χ0v) is 17.9. The SMILES string of the molecule is CCCCCCCCCCC(N)(CCCCCCCCCC)COC. The van der Waals surface area contributed by atoms with E-state index in [-0.39, 0.29) is 5.54 Å². The van der Waals surface area contributed by atoms with Crippen molar-refractivity contribution in [3.63, 3.8) is 0 Å². The van der Waals surface area contributed by atoms with Crippen LogP contribution in [0.3, 0.4) is 0 Å². The molecule has 0 atom stereocenters. The van der Waals surface area contributed by atoms with E-state index in [0.29, 0.717) is 0 Å². The maximum Gasteiger partial charge on any atom is 0.0642 e. The average Bonchev–Trinajstić information content (AvgIpc) is 2.60. The lowest BCUT2D eigenvalue weighted by Gasteiger charge is -2.29. The minimum absolute atomic E-state index is 0.0842. The van der Waals surface area contributed by atoms with Crippen molar-refractivity contribution < 1.29 is 4.74 Å². The van der Waals surface area contributed by atoms with E-state index < -0.39 is 0 Å². The van der Waals surface area contributed by atoms with E-state index in [1.807, 2.05) is 0 Å². The molecule has 2 N–H and O–H groups in total. The van der Waals surface area contributed by atoms with Crippen molar-refractivity contribution in [2.75, 3.05) is 13.7 Å². The molecule has 0 aromatic heterocycles. The Labute approximate surface area is 159 Å². The zero-order valence-electron chi connectivity index (χ0n) is 17.9. The predicted molar refractivity (Wildman–Crippen MR) is 113 cm³/mol. The van der Waals surface area contributed by atoms with Gasteiger partial charge in [-0.05, 0) is 12.8 Å². The average molecular weight is 356 g/mol. The summed E-state index contributed by atoms with van der Waals surface area (Å²) in [4.78, 5) is 0. The maximum absolute atomic E-state index is 6.64. The largest absolute Gasteiger partial charge is 0.383 e. The Morgan fingerprint density at radius 3 is 1.20 bits per heavy atom. The Bertz CT molecular complexity index is 234. The molecule has 2 nitrogen and oxygen atoms in total. The van der Waals surface area contributed by atoms with E-state index >= 15 is 0 Å². The standard InChI is InChI=1S/C23H49NO/c1-4-6-8-10-12-14-16-18-20-23(24,22-25-3)21-19-17-15-13-11-9-7-5-2/h4-22,24H2,1-3H3. The molecule has 0 unspecified atom stereocenters. The topological polar surface area (TPSA) is 35.2 Å². The maximum atomic E-state index is 6.64. The van der Waals surface area contributed by atoms with E-state index in [4.69, 9.17) is 10.5 Å². The second kappa shape index (κ2) is 18.7. The van der Waals surface area contributed by atoms with Crippen LogP contribution in [0.4, 0.5) is 0 Å². The van der Waals surface area contributed by atoms with Crippen LogP contribution in [-0.4, -0.2) is 19.3 Å². The highest BCUT2D eigenvalue weighted by Crippen LogP contribution is 2.22. The molecule has 2 heteroatoms. The fourth-order valence-electron chi connectivity index (χ4n) is 3.78. The molecule has 0 fully saturated rings. The summed E-state index contributed by atoms with van der Waals surface area (Å²) in [6.45, 7) is 5.28. The van der Waals surface area contributed by atoms with Crippen molar-refractivity contribution in [3.05, 3.63) is 0 Å². The molecule has 0 aromatic rings. The van der Waals surface area contributed by atoms with E-state index in [2.05, 4.69) is 13.8 Å². The molecule has 0 aromatic carbocycles. The van der Waals surface area contributed by atoms with Gasteiger partial charge in [-0.1, -0.05) is 117 Å². The van der Waals surface area contributed by atoms with Crippen LogP contribution in [0.1, 0.15) is 129 Å². The van der Waals surface area contributed by atoms with Crippen molar-refractivity contribution >= 4 is 0 Å². The van der Waals surface area contributed by atoms with Crippen LogP contribution < -0.4 is 5.73 Å². The third-order valence-electron chi connectivity index (χ3n) is 5.49. The van der Waals surface area contributed by atoms with Crippen molar-refractivity contribution in [1.82, 2.24) is 0 Å². The van der Waals surface area contributed by atoms with Gasteiger partial charge in [0.1, 0.15) is 0 Å².